The predicted molar refractivity (Wildman–Crippen MR) is 72.4 cm³/mol. The van der Waals surface area contributed by atoms with Crippen LogP contribution in [0.15, 0.2) is 17.0 Å². The van der Waals surface area contributed by atoms with Crippen molar-refractivity contribution in [2.45, 2.75) is 30.3 Å². The van der Waals surface area contributed by atoms with Gasteiger partial charge in [0.1, 0.15) is 4.90 Å². The molecule has 0 amide bonds. The lowest BCUT2D eigenvalue weighted by Crippen LogP contribution is -2.40. The van der Waals surface area contributed by atoms with E-state index >= 15 is 0 Å². The van der Waals surface area contributed by atoms with Crippen LogP contribution < -0.4 is 5.73 Å². The first-order valence-electron chi connectivity index (χ1n) is 5.67. The molecule has 0 aromatic heterocycles. The van der Waals surface area contributed by atoms with E-state index in [1.807, 2.05) is 0 Å². The maximum Gasteiger partial charge on any atom is 0.244 e. The van der Waals surface area contributed by atoms with Crippen LogP contribution in [0.1, 0.15) is 13.3 Å². The van der Waals surface area contributed by atoms with Gasteiger partial charge in [0.2, 0.25) is 10.0 Å². The molecule has 2 N–H and O–H groups in total. The van der Waals surface area contributed by atoms with Crippen molar-refractivity contribution in [2.75, 3.05) is 6.54 Å². The Hall–Kier alpha value is -0.400. The van der Waals surface area contributed by atoms with Crippen molar-refractivity contribution in [1.29, 1.82) is 0 Å². The van der Waals surface area contributed by atoms with Crippen LogP contribution in [0.2, 0.25) is 10.0 Å². The fourth-order valence-electron chi connectivity index (χ4n) is 2.11. The first-order valence-corrected chi connectivity index (χ1v) is 7.87. The maximum absolute atomic E-state index is 13.6. The van der Waals surface area contributed by atoms with Gasteiger partial charge in [-0.05, 0) is 25.5 Å². The molecule has 2 atom stereocenters. The number of hydrogen-bond acceptors (Lipinski definition) is 3. The van der Waals surface area contributed by atoms with Gasteiger partial charge in [-0.2, -0.15) is 4.31 Å². The number of benzene rings is 1. The summed E-state index contributed by atoms with van der Waals surface area (Å²) in [5.41, 5.74) is 5.80. The van der Waals surface area contributed by atoms with Crippen molar-refractivity contribution in [3.63, 3.8) is 0 Å². The Labute approximate surface area is 121 Å². The SMILES string of the molecule is CC1C(N)CCN1S(=O)(=O)c1ccc(Cl)c(F)c1Cl. The molecule has 0 saturated carbocycles. The molecule has 0 radical (unpaired) electrons. The smallest absolute Gasteiger partial charge is 0.244 e. The number of rotatable bonds is 2. The molecule has 1 saturated heterocycles. The van der Waals surface area contributed by atoms with Gasteiger partial charge in [0.25, 0.3) is 0 Å². The molecule has 106 valence electrons. The minimum Gasteiger partial charge on any atom is -0.326 e. The number of sulfonamides is 1. The van der Waals surface area contributed by atoms with Crippen LogP contribution >= 0.6 is 23.2 Å². The molecule has 0 spiro atoms. The standard InChI is InChI=1S/C11H13Cl2FN2O2S/c1-6-8(15)4-5-16(6)19(17,18)9-3-2-7(12)11(14)10(9)13/h2-3,6,8H,4-5,15H2,1H3. The van der Waals surface area contributed by atoms with Crippen LogP contribution in [-0.2, 0) is 10.0 Å². The summed E-state index contributed by atoms with van der Waals surface area (Å²) in [5, 5.41) is -0.699. The minimum absolute atomic E-state index is 0.213. The van der Waals surface area contributed by atoms with Gasteiger partial charge >= 0.3 is 0 Å². The van der Waals surface area contributed by atoms with Gasteiger partial charge in [-0.25, -0.2) is 12.8 Å². The van der Waals surface area contributed by atoms with E-state index in [1.54, 1.807) is 6.92 Å². The van der Waals surface area contributed by atoms with Crippen molar-refractivity contribution >= 4 is 33.2 Å². The van der Waals surface area contributed by atoms with Crippen LogP contribution in [0.25, 0.3) is 0 Å². The molecule has 4 nitrogen and oxygen atoms in total. The third kappa shape index (κ3) is 2.48. The summed E-state index contributed by atoms with van der Waals surface area (Å²) in [6.07, 6.45) is 0.564. The van der Waals surface area contributed by atoms with Crippen LogP contribution in [0.4, 0.5) is 4.39 Å². The van der Waals surface area contributed by atoms with Gasteiger partial charge in [-0.15, -0.1) is 0 Å². The fourth-order valence-corrected chi connectivity index (χ4v) is 4.52. The Morgan fingerprint density at radius 3 is 2.58 bits per heavy atom. The van der Waals surface area contributed by atoms with Crippen molar-refractivity contribution in [3.8, 4) is 0 Å². The summed E-state index contributed by atoms with van der Waals surface area (Å²) in [6.45, 7) is 2.01. The molecule has 1 aliphatic rings. The van der Waals surface area contributed by atoms with E-state index in [0.29, 0.717) is 13.0 Å². The molecule has 1 aliphatic heterocycles. The van der Waals surface area contributed by atoms with Gasteiger partial charge < -0.3 is 5.73 Å². The highest BCUT2D eigenvalue weighted by Gasteiger charge is 2.38. The summed E-state index contributed by atoms with van der Waals surface area (Å²) in [5.74, 6) is -0.930. The highest BCUT2D eigenvalue weighted by Crippen LogP contribution is 2.33. The van der Waals surface area contributed by atoms with E-state index < -0.39 is 20.9 Å². The number of halogens is 3. The molecule has 1 heterocycles. The summed E-state index contributed by atoms with van der Waals surface area (Å²) in [7, 11) is -3.87. The lowest BCUT2D eigenvalue weighted by molar-refractivity contribution is 0.393. The van der Waals surface area contributed by atoms with E-state index in [4.69, 9.17) is 28.9 Å². The van der Waals surface area contributed by atoms with E-state index in [2.05, 4.69) is 0 Å². The van der Waals surface area contributed by atoms with E-state index in [-0.39, 0.29) is 22.0 Å². The minimum atomic E-state index is -3.87. The number of nitrogens with zero attached hydrogens (tertiary/aromatic N) is 1. The van der Waals surface area contributed by atoms with Gasteiger partial charge in [0.15, 0.2) is 5.82 Å². The molecular weight excluding hydrogens is 314 g/mol. The second-order valence-corrected chi connectivity index (χ2v) is 7.13. The molecule has 2 rings (SSSR count). The van der Waals surface area contributed by atoms with Crippen molar-refractivity contribution in [2.24, 2.45) is 5.73 Å². The van der Waals surface area contributed by atoms with Crippen molar-refractivity contribution < 1.29 is 12.8 Å². The Morgan fingerprint density at radius 2 is 2.05 bits per heavy atom. The molecule has 2 unspecified atom stereocenters. The molecule has 0 bridgehead atoms. The molecular formula is C11H13Cl2FN2O2S. The molecule has 1 aromatic carbocycles. The number of nitrogens with two attached hydrogens (primary N) is 1. The summed E-state index contributed by atoms with van der Waals surface area (Å²) >= 11 is 11.3. The molecule has 1 aromatic rings. The Morgan fingerprint density at radius 1 is 1.42 bits per heavy atom. The Bertz CT molecular complexity index is 609. The van der Waals surface area contributed by atoms with Crippen LogP contribution in [0.5, 0.6) is 0 Å². The molecule has 8 heteroatoms. The van der Waals surface area contributed by atoms with Crippen molar-refractivity contribution in [3.05, 3.63) is 28.0 Å². The molecule has 1 fully saturated rings. The quantitative estimate of drug-likeness (QED) is 0.848. The topological polar surface area (TPSA) is 63.4 Å². The van der Waals surface area contributed by atoms with Crippen LogP contribution in [-0.4, -0.2) is 31.4 Å². The lowest BCUT2D eigenvalue weighted by atomic mass is 10.2. The third-order valence-electron chi connectivity index (χ3n) is 3.34. The monoisotopic (exact) mass is 326 g/mol. The Kier molecular flexibility index (Phi) is 4.09. The van der Waals surface area contributed by atoms with Gasteiger partial charge in [-0.1, -0.05) is 23.2 Å². The zero-order chi connectivity index (χ0) is 14.4. The summed E-state index contributed by atoms with van der Waals surface area (Å²) in [6, 6.07) is 1.81. The summed E-state index contributed by atoms with van der Waals surface area (Å²) in [4.78, 5) is -0.281. The second kappa shape index (κ2) is 5.18. The lowest BCUT2D eigenvalue weighted by Gasteiger charge is -2.23. The van der Waals surface area contributed by atoms with Gasteiger partial charge in [-0.3, -0.25) is 0 Å². The van der Waals surface area contributed by atoms with Gasteiger partial charge in [0, 0.05) is 18.6 Å². The predicted octanol–water partition coefficient (Wildman–Crippen LogP) is 2.24. The largest absolute Gasteiger partial charge is 0.326 e. The summed E-state index contributed by atoms with van der Waals surface area (Å²) < 4.78 is 39.8. The first-order chi connectivity index (χ1) is 8.76. The first kappa shape index (κ1) is 15.0. The molecule has 19 heavy (non-hydrogen) atoms. The zero-order valence-electron chi connectivity index (χ0n) is 10.1. The van der Waals surface area contributed by atoms with E-state index in [0.717, 1.165) is 0 Å². The third-order valence-corrected chi connectivity index (χ3v) is 6.15. The van der Waals surface area contributed by atoms with Crippen LogP contribution in [0.3, 0.4) is 0 Å². The van der Waals surface area contributed by atoms with Crippen LogP contribution in [0, 0.1) is 5.82 Å². The van der Waals surface area contributed by atoms with Gasteiger partial charge in [0.05, 0.1) is 10.0 Å². The highest BCUT2D eigenvalue weighted by atomic mass is 35.5. The number of hydrogen-bond donors (Lipinski definition) is 1. The second-order valence-electron chi connectivity index (χ2n) is 4.48. The Balaban J connectivity index is 2.49. The molecule has 0 aliphatic carbocycles. The highest BCUT2D eigenvalue weighted by molar-refractivity contribution is 7.89. The normalized spacial score (nSPS) is 24.9. The average Bonchev–Trinajstić information content (AvgIpc) is 2.67. The average molecular weight is 327 g/mol. The maximum atomic E-state index is 13.6. The zero-order valence-corrected chi connectivity index (χ0v) is 12.4. The van der Waals surface area contributed by atoms with E-state index in [1.165, 1.54) is 16.4 Å². The van der Waals surface area contributed by atoms with Crippen molar-refractivity contribution in [1.82, 2.24) is 4.31 Å². The van der Waals surface area contributed by atoms with E-state index in [9.17, 15) is 12.8 Å². The fraction of sp³-hybridized carbons (Fsp3) is 0.455.